The van der Waals surface area contributed by atoms with E-state index in [1.54, 1.807) is 24.3 Å². The maximum Gasteiger partial charge on any atom is 0.355 e. The highest BCUT2D eigenvalue weighted by molar-refractivity contribution is 7.13. The average Bonchev–Trinajstić information content (AvgIpc) is 3.05. The normalized spacial score (nSPS) is 10.8. The molecule has 2 rings (SSSR count). The predicted molar refractivity (Wildman–Crippen MR) is 92.3 cm³/mol. The van der Waals surface area contributed by atoms with E-state index in [9.17, 15) is 9.59 Å². The van der Waals surface area contributed by atoms with E-state index in [1.165, 1.54) is 16.7 Å². The van der Waals surface area contributed by atoms with Crippen molar-refractivity contribution in [3.63, 3.8) is 0 Å². The van der Waals surface area contributed by atoms with Crippen LogP contribution < -0.4 is 5.32 Å². The van der Waals surface area contributed by atoms with Gasteiger partial charge in [0.15, 0.2) is 5.69 Å². The zero-order valence-electron chi connectivity index (χ0n) is 13.2. The lowest BCUT2D eigenvalue weighted by Crippen LogP contribution is -2.35. The van der Waals surface area contributed by atoms with Crippen LogP contribution in [0.5, 0.6) is 0 Å². The summed E-state index contributed by atoms with van der Waals surface area (Å²) in [7, 11) is 0. The van der Waals surface area contributed by atoms with E-state index in [-0.39, 0.29) is 24.8 Å². The lowest BCUT2D eigenvalue weighted by atomic mass is 10.2. The number of hydrogen-bond acceptors (Lipinski definition) is 6. The van der Waals surface area contributed by atoms with Crippen molar-refractivity contribution in [3.05, 3.63) is 35.3 Å². The van der Waals surface area contributed by atoms with Gasteiger partial charge in [-0.15, -0.1) is 11.3 Å². The average molecular weight is 349 g/mol. The fourth-order valence-electron chi connectivity index (χ4n) is 2.16. The molecule has 0 aliphatic carbocycles. The van der Waals surface area contributed by atoms with E-state index in [4.69, 9.17) is 10.2 Å². The Hall–Kier alpha value is -2.29. The molecule has 0 saturated carbocycles. The first-order chi connectivity index (χ1) is 11.5. The summed E-state index contributed by atoms with van der Waals surface area (Å²) < 4.78 is 0. The van der Waals surface area contributed by atoms with Crippen LogP contribution in [-0.2, 0) is 4.79 Å². The maximum atomic E-state index is 12.2. The number of carboxylic acid groups (broad SMARTS) is 1. The minimum atomic E-state index is -1.08. The molecule has 1 aromatic carbocycles. The first kappa shape index (κ1) is 18.1. The summed E-state index contributed by atoms with van der Waals surface area (Å²) >= 11 is 1.21. The van der Waals surface area contributed by atoms with Crippen LogP contribution in [0, 0.1) is 0 Å². The number of hydrogen-bond donors (Lipinski definition) is 3. The highest BCUT2D eigenvalue weighted by atomic mass is 32.1. The maximum absolute atomic E-state index is 12.2. The largest absolute Gasteiger partial charge is 0.476 e. The molecule has 24 heavy (non-hydrogen) atoms. The fraction of sp³-hybridized carbons (Fsp3) is 0.312. The van der Waals surface area contributed by atoms with Crippen LogP contribution in [0.15, 0.2) is 29.6 Å². The number of carbonyl (C=O) groups is 2. The number of aromatic carboxylic acids is 1. The monoisotopic (exact) mass is 349 g/mol. The van der Waals surface area contributed by atoms with Crippen LogP contribution in [0.1, 0.15) is 17.4 Å². The summed E-state index contributed by atoms with van der Waals surface area (Å²) in [5, 5.41) is 22.8. The van der Waals surface area contributed by atoms with Gasteiger partial charge in [-0.25, -0.2) is 9.78 Å². The molecule has 0 radical (unpaired) electrons. The molecule has 2 aromatic rings. The molecule has 1 amide bonds. The molecule has 128 valence electrons. The van der Waals surface area contributed by atoms with Gasteiger partial charge in [-0.3, -0.25) is 9.69 Å². The Balaban J connectivity index is 2.16. The molecule has 0 aliphatic heterocycles. The van der Waals surface area contributed by atoms with Gasteiger partial charge in [-0.1, -0.05) is 19.1 Å². The third-order valence-corrected chi connectivity index (χ3v) is 4.26. The number of carboxylic acids is 1. The highest BCUT2D eigenvalue weighted by Gasteiger charge is 2.15. The third-order valence-electron chi connectivity index (χ3n) is 3.39. The van der Waals surface area contributed by atoms with Gasteiger partial charge in [0.2, 0.25) is 5.91 Å². The number of rotatable bonds is 8. The number of carbonyl (C=O) groups excluding carboxylic acids is 1. The number of aromatic nitrogens is 1. The summed E-state index contributed by atoms with van der Waals surface area (Å²) in [6, 6.07) is 7.12. The van der Waals surface area contributed by atoms with Crippen molar-refractivity contribution in [2.45, 2.75) is 6.92 Å². The molecular formula is C16H19N3O4S. The van der Waals surface area contributed by atoms with Crippen molar-refractivity contribution in [3.8, 4) is 10.6 Å². The zero-order chi connectivity index (χ0) is 17.5. The van der Waals surface area contributed by atoms with Crippen LogP contribution in [0.3, 0.4) is 0 Å². The van der Waals surface area contributed by atoms with Crippen LogP contribution in [0.4, 0.5) is 5.69 Å². The lowest BCUT2D eigenvalue weighted by Gasteiger charge is -2.18. The summed E-state index contributed by atoms with van der Waals surface area (Å²) in [6.07, 6.45) is 0. The first-order valence-electron chi connectivity index (χ1n) is 7.46. The van der Waals surface area contributed by atoms with E-state index in [0.29, 0.717) is 29.3 Å². The zero-order valence-corrected chi connectivity index (χ0v) is 14.0. The van der Waals surface area contributed by atoms with Crippen LogP contribution in [-0.4, -0.2) is 58.2 Å². The van der Waals surface area contributed by atoms with E-state index in [2.05, 4.69) is 10.3 Å². The Labute approximate surface area is 143 Å². The minimum absolute atomic E-state index is 0.00517. The summed E-state index contributed by atoms with van der Waals surface area (Å²) in [6.45, 7) is 3.17. The van der Waals surface area contributed by atoms with Crippen LogP contribution >= 0.6 is 11.3 Å². The van der Waals surface area contributed by atoms with Crippen molar-refractivity contribution < 1.29 is 19.8 Å². The summed E-state index contributed by atoms with van der Waals surface area (Å²) in [4.78, 5) is 29.1. The van der Waals surface area contributed by atoms with Crippen molar-refractivity contribution in [2.75, 3.05) is 31.6 Å². The van der Waals surface area contributed by atoms with Crippen molar-refractivity contribution >= 4 is 28.9 Å². The number of amides is 1. The molecule has 0 atom stereocenters. The first-order valence-corrected chi connectivity index (χ1v) is 8.34. The number of anilines is 1. The fourth-order valence-corrected chi connectivity index (χ4v) is 2.99. The number of aliphatic hydroxyl groups is 1. The summed E-state index contributed by atoms with van der Waals surface area (Å²) in [5.74, 6) is -1.28. The topological polar surface area (TPSA) is 103 Å². The van der Waals surface area contributed by atoms with Gasteiger partial charge in [-0.05, 0) is 18.7 Å². The molecule has 0 unspecified atom stereocenters. The van der Waals surface area contributed by atoms with E-state index < -0.39 is 5.97 Å². The molecule has 0 saturated heterocycles. The Morgan fingerprint density at radius 3 is 2.71 bits per heavy atom. The minimum Gasteiger partial charge on any atom is -0.476 e. The smallest absolute Gasteiger partial charge is 0.355 e. The lowest BCUT2D eigenvalue weighted by molar-refractivity contribution is -0.117. The third kappa shape index (κ3) is 4.60. The number of nitrogens with one attached hydrogen (secondary N) is 1. The second-order valence-electron chi connectivity index (χ2n) is 5.03. The summed E-state index contributed by atoms with van der Waals surface area (Å²) in [5.41, 5.74) is 1.23. The van der Waals surface area contributed by atoms with Gasteiger partial charge in [0.1, 0.15) is 5.01 Å². The van der Waals surface area contributed by atoms with Gasteiger partial charge in [0.25, 0.3) is 0 Å². The highest BCUT2D eigenvalue weighted by Crippen LogP contribution is 2.30. The molecule has 0 fully saturated rings. The molecule has 1 aromatic heterocycles. The van der Waals surface area contributed by atoms with Gasteiger partial charge >= 0.3 is 5.97 Å². The molecule has 3 N–H and O–H groups in total. The quantitative estimate of drug-likeness (QED) is 0.671. The van der Waals surface area contributed by atoms with E-state index in [1.807, 2.05) is 11.8 Å². The van der Waals surface area contributed by atoms with Gasteiger partial charge in [-0.2, -0.15) is 0 Å². The van der Waals surface area contributed by atoms with Gasteiger partial charge in [0.05, 0.1) is 18.8 Å². The molecule has 0 spiro atoms. The second-order valence-corrected chi connectivity index (χ2v) is 5.89. The van der Waals surface area contributed by atoms with Crippen molar-refractivity contribution in [1.82, 2.24) is 9.88 Å². The Morgan fingerprint density at radius 2 is 2.08 bits per heavy atom. The number of benzene rings is 1. The molecule has 0 bridgehead atoms. The Bertz CT molecular complexity index is 717. The van der Waals surface area contributed by atoms with Crippen molar-refractivity contribution in [2.24, 2.45) is 0 Å². The van der Waals surface area contributed by atoms with E-state index in [0.717, 1.165) is 0 Å². The second kappa shape index (κ2) is 8.53. The standard InChI is InChI=1S/C16H19N3O4S/c1-2-19(7-8-20)9-14(21)17-12-6-4-3-5-11(12)15-18-13(10-24-15)16(22)23/h3-6,10,20H,2,7-9H2,1H3,(H,17,21)(H,22,23). The SMILES string of the molecule is CCN(CCO)CC(=O)Nc1ccccc1-c1nc(C(=O)O)cs1. The molecular weight excluding hydrogens is 330 g/mol. The molecule has 0 aliphatic rings. The number of aliphatic hydroxyl groups excluding tert-OH is 1. The number of nitrogens with zero attached hydrogens (tertiary/aromatic N) is 2. The van der Waals surface area contributed by atoms with E-state index >= 15 is 0 Å². The molecule has 1 heterocycles. The number of para-hydroxylation sites is 1. The molecule has 8 heteroatoms. The predicted octanol–water partition coefficient (Wildman–Crippen LogP) is 1.76. The van der Waals surface area contributed by atoms with Gasteiger partial charge in [0, 0.05) is 17.5 Å². The van der Waals surface area contributed by atoms with Gasteiger partial charge < -0.3 is 15.5 Å². The van der Waals surface area contributed by atoms with Crippen LogP contribution in [0.25, 0.3) is 10.6 Å². The number of thiazole rings is 1. The molecule has 7 nitrogen and oxygen atoms in total. The Morgan fingerprint density at radius 1 is 1.33 bits per heavy atom. The number of likely N-dealkylation sites (N-methyl/N-ethyl adjacent to an activating group) is 1. The van der Waals surface area contributed by atoms with Crippen molar-refractivity contribution in [1.29, 1.82) is 0 Å². The van der Waals surface area contributed by atoms with Crippen LogP contribution in [0.2, 0.25) is 0 Å². The Kier molecular flexibility index (Phi) is 6.42.